The Morgan fingerprint density at radius 2 is 1.72 bits per heavy atom. The van der Waals surface area contributed by atoms with Gasteiger partial charge in [-0.05, 0) is 110 Å². The lowest BCUT2D eigenvalue weighted by Gasteiger charge is -2.46. The second-order valence-corrected chi connectivity index (χ2v) is 12.5. The zero-order chi connectivity index (χ0) is 30.5. The highest BCUT2D eigenvalue weighted by Gasteiger charge is 2.56. The van der Waals surface area contributed by atoms with Gasteiger partial charge < -0.3 is 14.7 Å². The summed E-state index contributed by atoms with van der Waals surface area (Å²) in [6.45, 7) is 2.14. The van der Waals surface area contributed by atoms with Crippen molar-refractivity contribution in [3.05, 3.63) is 69.8 Å². The van der Waals surface area contributed by atoms with Gasteiger partial charge in [-0.1, -0.05) is 12.1 Å². The van der Waals surface area contributed by atoms with Gasteiger partial charge in [-0.15, -0.1) is 0 Å². The molecule has 11 heteroatoms. The summed E-state index contributed by atoms with van der Waals surface area (Å²) in [5.74, 6) is -2.39. The number of rotatable bonds is 6. The van der Waals surface area contributed by atoms with Crippen LogP contribution in [0, 0.1) is 17.6 Å². The number of halogens is 5. The molecule has 2 atom stereocenters. The van der Waals surface area contributed by atoms with Crippen molar-refractivity contribution in [2.45, 2.75) is 81.6 Å². The molecule has 6 nitrogen and oxygen atoms in total. The molecule has 6 rings (SSSR count). The fraction of sp³-hybridized carbons (Fsp3) is 0.562. The van der Waals surface area contributed by atoms with Crippen LogP contribution in [-0.2, 0) is 39.9 Å². The van der Waals surface area contributed by atoms with Crippen LogP contribution in [0.3, 0.4) is 0 Å². The number of alkyl halides is 3. The second-order valence-electron chi connectivity index (χ2n) is 12.5. The van der Waals surface area contributed by atoms with E-state index in [0.717, 1.165) is 56.8 Å². The van der Waals surface area contributed by atoms with Gasteiger partial charge in [0.15, 0.2) is 0 Å². The molecular formula is C32H35F5N2O4. The van der Waals surface area contributed by atoms with Crippen molar-refractivity contribution < 1.29 is 41.4 Å². The number of amides is 1. The minimum Gasteiger partial charge on any atom is -0.481 e. The Balaban J connectivity index is 1.09. The summed E-state index contributed by atoms with van der Waals surface area (Å²) in [6.07, 6.45) is -0.182. The molecule has 0 radical (unpaired) electrons. The molecule has 0 aromatic heterocycles. The number of ether oxygens (including phenoxy) is 1. The van der Waals surface area contributed by atoms with Gasteiger partial charge >= 0.3 is 12.1 Å². The third-order valence-corrected chi connectivity index (χ3v) is 9.81. The van der Waals surface area contributed by atoms with Crippen LogP contribution in [0.25, 0.3) is 0 Å². The molecule has 0 unspecified atom stereocenters. The van der Waals surface area contributed by atoms with Gasteiger partial charge in [-0.2, -0.15) is 13.2 Å². The summed E-state index contributed by atoms with van der Waals surface area (Å²) in [6, 6.07) is 6.36. The number of carboxylic acid groups (broad SMARTS) is 1. The molecular weight excluding hydrogens is 571 g/mol. The number of nitrogens with zero attached hydrogens (tertiary/aromatic N) is 2. The maximum Gasteiger partial charge on any atom is 0.416 e. The Labute approximate surface area is 246 Å². The number of likely N-dealkylation sites (tertiary alicyclic amines) is 1. The van der Waals surface area contributed by atoms with Crippen LogP contribution in [-0.4, -0.2) is 64.7 Å². The number of carbonyl (C=O) groups is 2. The molecule has 0 bridgehead atoms. The van der Waals surface area contributed by atoms with E-state index in [0.29, 0.717) is 19.1 Å². The summed E-state index contributed by atoms with van der Waals surface area (Å²) >= 11 is 0. The van der Waals surface area contributed by atoms with E-state index >= 15 is 0 Å². The molecule has 1 amide bonds. The Morgan fingerprint density at radius 3 is 2.35 bits per heavy atom. The summed E-state index contributed by atoms with van der Waals surface area (Å²) in [5, 5.41) is 9.08. The quantitative estimate of drug-likeness (QED) is 0.428. The summed E-state index contributed by atoms with van der Waals surface area (Å²) in [5.41, 5.74) is -0.468. The fourth-order valence-corrected chi connectivity index (χ4v) is 7.28. The standard InChI is InChI=1S/C32H35F5N2O4/c33-27-4-1-20(13-21(27)15-29(40)41)19-6-10-38(11-7-19)25-5-9-31(43-18-25,23-2-3-23)30(42)39-12-8-26-22(17-39)14-24(16-28(26)34)32(35,36)37/h1,4,13-14,16,19,23,25H,2-3,5-12,15,17-18H2,(H,40,41)/t25-,31+/m1/s1. The smallest absolute Gasteiger partial charge is 0.416 e. The van der Waals surface area contributed by atoms with Crippen LogP contribution in [0.4, 0.5) is 22.0 Å². The lowest BCUT2D eigenvalue weighted by atomic mass is 9.83. The molecule has 232 valence electrons. The maximum atomic E-state index is 14.5. The van der Waals surface area contributed by atoms with Crippen LogP contribution < -0.4 is 0 Å². The first-order valence-corrected chi connectivity index (χ1v) is 15.0. The van der Waals surface area contributed by atoms with E-state index in [1.807, 2.05) is 0 Å². The van der Waals surface area contributed by atoms with E-state index in [9.17, 15) is 31.5 Å². The van der Waals surface area contributed by atoms with Crippen molar-refractivity contribution in [1.82, 2.24) is 9.80 Å². The average Bonchev–Trinajstić information content (AvgIpc) is 3.83. The molecule has 3 aliphatic heterocycles. The van der Waals surface area contributed by atoms with Crippen LogP contribution in [0.2, 0.25) is 0 Å². The number of piperidine rings is 1. The molecule has 2 saturated heterocycles. The van der Waals surface area contributed by atoms with Gasteiger partial charge in [0, 0.05) is 19.1 Å². The zero-order valence-corrected chi connectivity index (χ0v) is 23.8. The second kappa shape index (κ2) is 11.5. The van der Waals surface area contributed by atoms with Crippen LogP contribution in [0.1, 0.15) is 72.3 Å². The molecule has 0 spiro atoms. The first-order valence-electron chi connectivity index (χ1n) is 15.0. The zero-order valence-electron chi connectivity index (χ0n) is 23.8. The topological polar surface area (TPSA) is 70.1 Å². The average molecular weight is 607 g/mol. The largest absolute Gasteiger partial charge is 0.481 e. The van der Waals surface area contributed by atoms with Gasteiger partial charge in [0.1, 0.15) is 17.2 Å². The van der Waals surface area contributed by atoms with E-state index in [2.05, 4.69) is 4.90 Å². The SMILES string of the molecule is O=C(O)Cc1cc(C2CCN([C@@H]3CC[C@@](C(=O)N4CCc5c(F)cc(C(F)(F)F)cc5C4)(C4CC4)OC3)CC2)ccc1F. The fourth-order valence-electron chi connectivity index (χ4n) is 7.28. The predicted octanol–water partition coefficient (Wildman–Crippen LogP) is 5.70. The lowest BCUT2D eigenvalue weighted by molar-refractivity contribution is -0.177. The van der Waals surface area contributed by atoms with Crippen LogP contribution >= 0.6 is 0 Å². The first kappa shape index (κ1) is 30.0. The van der Waals surface area contributed by atoms with Crippen molar-refractivity contribution in [1.29, 1.82) is 0 Å². The Bertz CT molecular complexity index is 1390. The van der Waals surface area contributed by atoms with Crippen molar-refractivity contribution in [3.63, 3.8) is 0 Å². The third kappa shape index (κ3) is 6.02. The highest BCUT2D eigenvalue weighted by molar-refractivity contribution is 5.86. The third-order valence-electron chi connectivity index (χ3n) is 9.81. The minimum absolute atomic E-state index is 0.0681. The van der Waals surface area contributed by atoms with E-state index in [-0.39, 0.29) is 66.4 Å². The van der Waals surface area contributed by atoms with E-state index in [1.165, 1.54) is 6.07 Å². The summed E-state index contributed by atoms with van der Waals surface area (Å²) in [4.78, 5) is 28.9. The number of benzene rings is 2. The Hall–Kier alpha value is -3.05. The number of hydrogen-bond acceptors (Lipinski definition) is 4. The number of fused-ring (bicyclic) bond motifs is 1. The van der Waals surface area contributed by atoms with E-state index in [1.54, 1.807) is 17.0 Å². The predicted molar refractivity (Wildman–Crippen MR) is 146 cm³/mol. The number of hydrogen-bond donors (Lipinski definition) is 1. The molecule has 2 aromatic carbocycles. The van der Waals surface area contributed by atoms with Crippen molar-refractivity contribution in [3.8, 4) is 0 Å². The highest BCUT2D eigenvalue weighted by Crippen LogP contribution is 2.49. The number of carbonyl (C=O) groups excluding carboxylic acids is 1. The normalized spacial score (nSPS) is 25.4. The minimum atomic E-state index is -4.67. The molecule has 3 heterocycles. The van der Waals surface area contributed by atoms with Gasteiger partial charge in [0.2, 0.25) is 0 Å². The molecule has 3 fully saturated rings. The number of aliphatic carboxylic acids is 1. The van der Waals surface area contributed by atoms with Crippen LogP contribution in [0.15, 0.2) is 30.3 Å². The maximum absolute atomic E-state index is 14.5. The first-order chi connectivity index (χ1) is 20.4. The lowest BCUT2D eigenvalue weighted by Crippen LogP contribution is -2.58. The Kier molecular flexibility index (Phi) is 8.00. The van der Waals surface area contributed by atoms with Crippen molar-refractivity contribution >= 4 is 11.9 Å². The van der Waals surface area contributed by atoms with Crippen molar-refractivity contribution in [2.24, 2.45) is 5.92 Å². The highest BCUT2D eigenvalue weighted by atomic mass is 19.4. The molecule has 4 aliphatic rings. The van der Waals surface area contributed by atoms with Crippen LogP contribution in [0.5, 0.6) is 0 Å². The Morgan fingerprint density at radius 1 is 0.977 bits per heavy atom. The van der Waals surface area contributed by atoms with Gasteiger partial charge in [-0.25, -0.2) is 8.78 Å². The van der Waals surface area contributed by atoms with E-state index < -0.39 is 34.9 Å². The molecule has 43 heavy (non-hydrogen) atoms. The molecule has 1 saturated carbocycles. The van der Waals surface area contributed by atoms with Gasteiger partial charge in [0.05, 0.1) is 18.6 Å². The molecule has 1 N–H and O–H groups in total. The molecule has 2 aromatic rings. The summed E-state index contributed by atoms with van der Waals surface area (Å²) in [7, 11) is 0. The number of carboxylic acids is 1. The van der Waals surface area contributed by atoms with Gasteiger partial charge in [0.25, 0.3) is 5.91 Å². The molecule has 1 aliphatic carbocycles. The summed E-state index contributed by atoms with van der Waals surface area (Å²) < 4.78 is 75.0. The van der Waals surface area contributed by atoms with E-state index in [4.69, 9.17) is 9.84 Å². The van der Waals surface area contributed by atoms with Gasteiger partial charge in [-0.3, -0.25) is 14.5 Å². The van der Waals surface area contributed by atoms with Crippen molar-refractivity contribution in [2.75, 3.05) is 26.2 Å². The monoisotopic (exact) mass is 606 g/mol.